The number of esters is 1. The number of carbonyl (C=O) groups excluding carboxylic acids is 2. The second-order valence-corrected chi connectivity index (χ2v) is 7.98. The summed E-state index contributed by atoms with van der Waals surface area (Å²) in [4.78, 5) is 27.0. The van der Waals surface area contributed by atoms with Crippen LogP contribution in [0.5, 0.6) is 0 Å². The summed E-state index contributed by atoms with van der Waals surface area (Å²) in [5.74, 6) is -1.00. The molecule has 1 aliphatic carbocycles. The van der Waals surface area contributed by atoms with Gasteiger partial charge in [-0.1, -0.05) is 54.6 Å². The third-order valence-electron chi connectivity index (χ3n) is 6.37. The summed E-state index contributed by atoms with van der Waals surface area (Å²) in [6, 6.07) is 22.7. The highest BCUT2D eigenvalue weighted by molar-refractivity contribution is 6.22. The number of methoxy groups -OCH3 is 1. The van der Waals surface area contributed by atoms with Crippen LogP contribution in [0.3, 0.4) is 0 Å². The Morgan fingerprint density at radius 3 is 2.34 bits per heavy atom. The van der Waals surface area contributed by atoms with E-state index in [4.69, 9.17) is 9.15 Å². The summed E-state index contributed by atoms with van der Waals surface area (Å²) >= 11 is 0. The van der Waals surface area contributed by atoms with Gasteiger partial charge in [0.25, 0.3) is 5.91 Å². The van der Waals surface area contributed by atoms with Gasteiger partial charge in [-0.3, -0.25) is 4.79 Å². The first-order chi connectivity index (χ1) is 15.6. The van der Waals surface area contributed by atoms with Crippen LogP contribution in [0.15, 0.2) is 100 Å². The van der Waals surface area contributed by atoms with Gasteiger partial charge in [0, 0.05) is 11.5 Å². The van der Waals surface area contributed by atoms with Crippen molar-refractivity contribution in [3.63, 3.8) is 0 Å². The van der Waals surface area contributed by atoms with Crippen LogP contribution in [0.1, 0.15) is 30.1 Å². The van der Waals surface area contributed by atoms with Gasteiger partial charge in [0.1, 0.15) is 11.2 Å². The van der Waals surface area contributed by atoms with Gasteiger partial charge in [0.05, 0.1) is 30.7 Å². The van der Waals surface area contributed by atoms with Crippen molar-refractivity contribution >= 4 is 23.3 Å². The molecule has 2 aliphatic rings. The lowest BCUT2D eigenvalue weighted by atomic mass is 9.67. The maximum atomic E-state index is 14.1. The normalized spacial score (nSPS) is 24.6. The molecular weight excluding hydrogens is 404 g/mol. The highest BCUT2D eigenvalue weighted by Crippen LogP contribution is 2.59. The largest absolute Gasteiger partial charge is 0.469 e. The van der Waals surface area contributed by atoms with Crippen molar-refractivity contribution in [2.24, 2.45) is 10.5 Å². The molecule has 6 heteroatoms. The van der Waals surface area contributed by atoms with Crippen LogP contribution in [0.25, 0.3) is 0 Å². The summed E-state index contributed by atoms with van der Waals surface area (Å²) in [6.07, 6.45) is 3.32. The minimum Gasteiger partial charge on any atom is -0.469 e. The lowest BCUT2D eigenvalue weighted by Crippen LogP contribution is -2.41. The number of hydrazone groups is 1. The molecule has 0 bridgehead atoms. The molecule has 0 saturated heterocycles. The van der Waals surface area contributed by atoms with Crippen molar-refractivity contribution in [3.8, 4) is 0 Å². The van der Waals surface area contributed by atoms with Gasteiger partial charge in [0.15, 0.2) is 0 Å². The molecule has 2 aromatic carbocycles. The third-order valence-corrected chi connectivity index (χ3v) is 6.37. The van der Waals surface area contributed by atoms with Crippen LogP contribution in [0.2, 0.25) is 0 Å². The number of rotatable bonds is 4. The average Bonchev–Trinajstić information content (AvgIpc) is 3.54. The summed E-state index contributed by atoms with van der Waals surface area (Å²) < 4.78 is 10.9. The van der Waals surface area contributed by atoms with E-state index >= 15 is 0 Å². The van der Waals surface area contributed by atoms with Gasteiger partial charge in [0.2, 0.25) is 0 Å². The summed E-state index contributed by atoms with van der Waals surface area (Å²) in [5.41, 5.74) is 1.47. The van der Waals surface area contributed by atoms with Crippen LogP contribution in [0, 0.1) is 5.41 Å². The predicted octanol–water partition coefficient (Wildman–Crippen LogP) is 4.67. The molecule has 160 valence electrons. The Kier molecular flexibility index (Phi) is 4.78. The maximum Gasteiger partial charge on any atom is 0.334 e. The molecule has 3 aromatic rings. The van der Waals surface area contributed by atoms with Crippen molar-refractivity contribution in [2.75, 3.05) is 12.1 Å². The Hall–Kier alpha value is -3.93. The molecule has 0 N–H and O–H groups in total. The van der Waals surface area contributed by atoms with Gasteiger partial charge < -0.3 is 9.15 Å². The molecule has 5 rings (SSSR count). The van der Waals surface area contributed by atoms with Gasteiger partial charge in [-0.15, -0.1) is 0 Å². The van der Waals surface area contributed by atoms with E-state index in [0.29, 0.717) is 22.7 Å². The number of carbonyl (C=O) groups is 2. The molecule has 1 aromatic heterocycles. The van der Waals surface area contributed by atoms with Crippen molar-refractivity contribution in [3.05, 3.63) is 102 Å². The Morgan fingerprint density at radius 1 is 1.03 bits per heavy atom. The van der Waals surface area contributed by atoms with Crippen LogP contribution in [0.4, 0.5) is 5.69 Å². The second kappa shape index (κ2) is 7.64. The summed E-state index contributed by atoms with van der Waals surface area (Å²) in [5, 5.41) is 6.09. The lowest BCUT2D eigenvalue weighted by Gasteiger charge is -2.33. The fourth-order valence-corrected chi connectivity index (χ4v) is 4.95. The number of ether oxygens (including phenoxy) is 1. The molecule has 6 nitrogen and oxygen atoms in total. The Balaban J connectivity index is 1.74. The molecule has 0 fully saturated rings. The van der Waals surface area contributed by atoms with Crippen LogP contribution < -0.4 is 5.01 Å². The van der Waals surface area contributed by atoms with E-state index in [9.17, 15) is 9.59 Å². The third kappa shape index (κ3) is 2.83. The van der Waals surface area contributed by atoms with Gasteiger partial charge in [-0.2, -0.15) is 10.1 Å². The molecule has 1 spiro atoms. The second-order valence-electron chi connectivity index (χ2n) is 7.98. The standard InChI is InChI=1S/C26H22N2O4/c1-17-26(25(30)28(27-17)19-12-7-4-8-13-19)16-20(24(29)31-2)22(21-14-9-15-32-21)23(26)18-10-5-3-6-11-18/h3-16,22-23H,1-2H3/t22-,23-,26-/m1/s1. The zero-order valence-corrected chi connectivity index (χ0v) is 17.8. The van der Waals surface area contributed by atoms with E-state index in [1.54, 1.807) is 18.4 Å². The first-order valence-electron chi connectivity index (χ1n) is 10.4. The van der Waals surface area contributed by atoms with Crippen LogP contribution in [-0.2, 0) is 14.3 Å². The van der Waals surface area contributed by atoms with E-state index in [2.05, 4.69) is 5.10 Å². The number of amides is 1. The zero-order chi connectivity index (χ0) is 22.3. The average molecular weight is 426 g/mol. The van der Waals surface area contributed by atoms with Crippen LogP contribution in [-0.4, -0.2) is 24.7 Å². The smallest absolute Gasteiger partial charge is 0.334 e. The molecule has 0 radical (unpaired) electrons. The van der Waals surface area contributed by atoms with Crippen molar-refractivity contribution in [1.29, 1.82) is 0 Å². The van der Waals surface area contributed by atoms with Crippen molar-refractivity contribution in [2.45, 2.75) is 18.8 Å². The van der Waals surface area contributed by atoms with E-state index in [1.165, 1.54) is 12.1 Å². The number of hydrogen-bond acceptors (Lipinski definition) is 5. The highest BCUT2D eigenvalue weighted by Gasteiger charge is 2.62. The maximum absolute atomic E-state index is 14.1. The van der Waals surface area contributed by atoms with E-state index in [0.717, 1.165) is 5.56 Å². The first-order valence-corrected chi connectivity index (χ1v) is 10.4. The topological polar surface area (TPSA) is 72.1 Å². The fraction of sp³-hybridized carbons (Fsp3) is 0.192. The van der Waals surface area contributed by atoms with Gasteiger partial charge >= 0.3 is 5.97 Å². The van der Waals surface area contributed by atoms with E-state index in [1.807, 2.05) is 73.7 Å². The quantitative estimate of drug-likeness (QED) is 0.569. The molecule has 1 aliphatic heterocycles. The molecular formula is C26H22N2O4. The lowest BCUT2D eigenvalue weighted by molar-refractivity contribution is -0.136. The summed E-state index contributed by atoms with van der Waals surface area (Å²) in [7, 11) is 1.35. The van der Waals surface area contributed by atoms with Crippen LogP contribution >= 0.6 is 0 Å². The number of furan rings is 1. The first kappa shape index (κ1) is 20.0. The van der Waals surface area contributed by atoms with Gasteiger partial charge in [-0.25, -0.2) is 4.79 Å². The van der Waals surface area contributed by atoms with Crippen molar-refractivity contribution < 1.29 is 18.7 Å². The van der Waals surface area contributed by atoms with E-state index in [-0.39, 0.29) is 5.91 Å². The zero-order valence-electron chi connectivity index (χ0n) is 17.8. The summed E-state index contributed by atoms with van der Waals surface area (Å²) in [6.45, 7) is 1.84. The Morgan fingerprint density at radius 2 is 1.72 bits per heavy atom. The Bertz CT molecular complexity index is 1220. The van der Waals surface area contributed by atoms with Gasteiger partial charge in [-0.05, 0) is 36.8 Å². The highest BCUT2D eigenvalue weighted by atomic mass is 16.5. The number of hydrogen-bond donors (Lipinski definition) is 0. The SMILES string of the molecule is COC(=O)C1=C[C@]2(C(=O)N(c3ccccc3)N=C2C)[C@H](c2ccccc2)[C@H]1c1ccco1. The molecule has 0 unspecified atom stereocenters. The molecule has 32 heavy (non-hydrogen) atoms. The minimum atomic E-state index is -1.14. The fourth-order valence-electron chi connectivity index (χ4n) is 4.95. The number of anilines is 1. The predicted molar refractivity (Wildman–Crippen MR) is 120 cm³/mol. The number of para-hydroxylation sites is 1. The minimum absolute atomic E-state index is 0.203. The molecule has 1 amide bonds. The van der Waals surface area contributed by atoms with E-state index < -0.39 is 23.2 Å². The van der Waals surface area contributed by atoms with Crippen molar-refractivity contribution in [1.82, 2.24) is 0 Å². The molecule has 2 heterocycles. The Labute approximate surface area is 185 Å². The number of nitrogens with zero attached hydrogens (tertiary/aromatic N) is 2. The number of benzene rings is 2. The molecule has 3 atom stereocenters. The molecule has 0 saturated carbocycles. The monoisotopic (exact) mass is 426 g/mol.